The molecule has 0 spiro atoms. The number of nitrogens with one attached hydrogen (secondary N) is 2. The summed E-state index contributed by atoms with van der Waals surface area (Å²) in [5.41, 5.74) is 6.87. The monoisotopic (exact) mass is 716 g/mol. The Morgan fingerprint density at radius 1 is 0.611 bits per heavy atom. The van der Waals surface area contributed by atoms with Crippen LogP contribution in [0.3, 0.4) is 0 Å². The molecular formula is C44H40N6O4. The van der Waals surface area contributed by atoms with E-state index in [4.69, 9.17) is 19.4 Å². The molecule has 8 rings (SSSR count). The number of hydrogen-bond donors (Lipinski definition) is 2. The molecule has 0 radical (unpaired) electrons. The molecule has 4 heterocycles. The fourth-order valence-corrected chi connectivity index (χ4v) is 7.21. The predicted molar refractivity (Wildman–Crippen MR) is 206 cm³/mol. The van der Waals surface area contributed by atoms with Gasteiger partial charge in [0, 0.05) is 24.2 Å². The highest BCUT2D eigenvalue weighted by atomic mass is 16.6. The van der Waals surface area contributed by atoms with Crippen LogP contribution in [-0.2, 0) is 22.7 Å². The number of hydrogen-bond acceptors (Lipinski definition) is 6. The maximum Gasteiger partial charge on any atom is 0.410 e. The number of amides is 2. The van der Waals surface area contributed by atoms with E-state index < -0.39 is 0 Å². The molecule has 0 unspecified atom stereocenters. The molecule has 2 aromatic heterocycles. The van der Waals surface area contributed by atoms with Crippen molar-refractivity contribution in [1.82, 2.24) is 29.7 Å². The lowest BCUT2D eigenvalue weighted by atomic mass is 10.0. The number of aromatic nitrogens is 4. The highest BCUT2D eigenvalue weighted by Gasteiger charge is 2.32. The van der Waals surface area contributed by atoms with Crippen LogP contribution in [0.1, 0.15) is 84.5 Å². The number of benzene rings is 4. The standard InChI is InChI=1S/C44H40N6O4/c51-43(53-29-33-15-3-1-4-16-33)49-25-11-9-19-39(49)41-45-35-23-21-31(27-37(35)47-41)13-7-8-14-32-22-24-36-38(28-32)48-42(46-36)40-20-10-12-26-50(40)44(52)54-30-34-17-5-2-6-18-34/h1-6,15-18,21-24,27-28,39-40H,9-12,19-20,25-26,29-30H2,(H,45,47)(H,46,48)/t39-,40-/m0/s1. The van der Waals surface area contributed by atoms with Crippen LogP contribution in [0.15, 0.2) is 97.1 Å². The van der Waals surface area contributed by atoms with Gasteiger partial charge in [-0.2, -0.15) is 0 Å². The van der Waals surface area contributed by atoms with Gasteiger partial charge in [-0.1, -0.05) is 72.5 Å². The molecule has 6 aromatic rings. The Balaban J connectivity index is 0.922. The molecule has 4 aromatic carbocycles. The van der Waals surface area contributed by atoms with E-state index in [1.54, 1.807) is 9.80 Å². The highest BCUT2D eigenvalue weighted by Crippen LogP contribution is 2.33. The van der Waals surface area contributed by atoms with E-state index >= 15 is 0 Å². The molecule has 0 saturated carbocycles. The fraction of sp³-hybridized carbons (Fsp3) is 0.273. The fourth-order valence-electron chi connectivity index (χ4n) is 7.21. The summed E-state index contributed by atoms with van der Waals surface area (Å²) in [7, 11) is 0. The third-order valence-electron chi connectivity index (χ3n) is 9.99. The van der Waals surface area contributed by atoms with Crippen LogP contribution in [0, 0.1) is 23.7 Å². The van der Waals surface area contributed by atoms with Gasteiger partial charge in [0.2, 0.25) is 0 Å². The zero-order valence-electron chi connectivity index (χ0n) is 29.9. The zero-order chi connectivity index (χ0) is 36.7. The highest BCUT2D eigenvalue weighted by molar-refractivity contribution is 5.79. The summed E-state index contributed by atoms with van der Waals surface area (Å²) in [4.78, 5) is 46.4. The van der Waals surface area contributed by atoms with Crippen molar-refractivity contribution in [2.75, 3.05) is 13.1 Å². The number of carbonyl (C=O) groups excluding carboxylic acids is 2. The van der Waals surface area contributed by atoms with Crippen molar-refractivity contribution < 1.29 is 19.1 Å². The van der Waals surface area contributed by atoms with Gasteiger partial charge < -0.3 is 19.4 Å². The molecule has 2 N–H and O–H groups in total. The number of H-pyrrole nitrogens is 2. The summed E-state index contributed by atoms with van der Waals surface area (Å²) in [5.74, 6) is 13.8. The van der Waals surface area contributed by atoms with Gasteiger partial charge in [-0.15, -0.1) is 0 Å². The van der Waals surface area contributed by atoms with Crippen LogP contribution in [0.25, 0.3) is 22.1 Å². The lowest BCUT2D eigenvalue weighted by Crippen LogP contribution is -2.39. The average molecular weight is 717 g/mol. The molecule has 2 atom stereocenters. The number of aromatic amines is 2. The average Bonchev–Trinajstić information content (AvgIpc) is 3.85. The number of rotatable bonds is 6. The van der Waals surface area contributed by atoms with E-state index in [2.05, 4.69) is 33.6 Å². The van der Waals surface area contributed by atoms with Crippen LogP contribution in [0.2, 0.25) is 0 Å². The van der Waals surface area contributed by atoms with Crippen molar-refractivity contribution >= 4 is 34.3 Å². The van der Waals surface area contributed by atoms with Crippen molar-refractivity contribution in [3.05, 3.63) is 131 Å². The van der Waals surface area contributed by atoms with Crippen LogP contribution < -0.4 is 0 Å². The van der Waals surface area contributed by atoms with E-state index in [0.717, 1.165) is 94.5 Å². The summed E-state index contributed by atoms with van der Waals surface area (Å²) in [5, 5.41) is 0. The van der Waals surface area contributed by atoms with E-state index in [1.165, 1.54) is 0 Å². The van der Waals surface area contributed by atoms with Crippen molar-refractivity contribution in [3.8, 4) is 23.7 Å². The van der Waals surface area contributed by atoms with E-state index in [9.17, 15) is 9.59 Å². The quantitative estimate of drug-likeness (QED) is 0.167. The number of imidazole rings is 2. The van der Waals surface area contributed by atoms with Gasteiger partial charge in [-0.25, -0.2) is 19.6 Å². The Kier molecular flexibility index (Phi) is 10.2. The van der Waals surface area contributed by atoms with Crippen molar-refractivity contribution in [2.24, 2.45) is 0 Å². The Bertz CT molecular complexity index is 2230. The van der Waals surface area contributed by atoms with Gasteiger partial charge in [0.1, 0.15) is 24.9 Å². The second-order valence-corrected chi connectivity index (χ2v) is 13.7. The van der Waals surface area contributed by atoms with Crippen molar-refractivity contribution in [3.63, 3.8) is 0 Å². The van der Waals surface area contributed by atoms with Gasteiger partial charge in [-0.3, -0.25) is 9.80 Å². The topological polar surface area (TPSA) is 116 Å². The van der Waals surface area contributed by atoms with Crippen LogP contribution in [0.4, 0.5) is 9.59 Å². The van der Waals surface area contributed by atoms with E-state index in [-0.39, 0.29) is 37.5 Å². The second-order valence-electron chi connectivity index (χ2n) is 13.7. The van der Waals surface area contributed by atoms with Crippen molar-refractivity contribution in [2.45, 2.75) is 63.8 Å². The summed E-state index contributed by atoms with van der Waals surface area (Å²) >= 11 is 0. The summed E-state index contributed by atoms with van der Waals surface area (Å²) in [6.07, 6.45) is 4.87. The Morgan fingerprint density at radius 3 is 1.50 bits per heavy atom. The van der Waals surface area contributed by atoms with Gasteiger partial charge in [0.25, 0.3) is 0 Å². The number of nitrogens with zero attached hydrogens (tertiary/aromatic N) is 4. The smallest absolute Gasteiger partial charge is 0.410 e. The first-order valence-corrected chi connectivity index (χ1v) is 18.5. The van der Waals surface area contributed by atoms with Gasteiger partial charge in [0.15, 0.2) is 0 Å². The molecule has 0 aliphatic carbocycles. The zero-order valence-corrected chi connectivity index (χ0v) is 29.9. The number of fused-ring (bicyclic) bond motifs is 2. The number of ether oxygens (including phenoxy) is 2. The molecular weight excluding hydrogens is 677 g/mol. The maximum atomic E-state index is 13.1. The van der Waals surface area contributed by atoms with Crippen molar-refractivity contribution in [1.29, 1.82) is 0 Å². The summed E-state index contributed by atoms with van der Waals surface area (Å²) in [6, 6.07) is 30.7. The molecule has 2 aliphatic rings. The lowest BCUT2D eigenvalue weighted by Gasteiger charge is -2.33. The molecule has 10 heteroatoms. The molecule has 2 aliphatic heterocycles. The third-order valence-corrected chi connectivity index (χ3v) is 9.99. The summed E-state index contributed by atoms with van der Waals surface area (Å²) in [6.45, 7) is 1.73. The van der Waals surface area contributed by atoms with Crippen LogP contribution >= 0.6 is 0 Å². The Hall–Kier alpha value is -6.52. The van der Waals surface area contributed by atoms with Gasteiger partial charge in [-0.05, 0) is 97.9 Å². The molecule has 2 saturated heterocycles. The predicted octanol–water partition coefficient (Wildman–Crippen LogP) is 8.57. The van der Waals surface area contributed by atoms with Gasteiger partial charge >= 0.3 is 12.2 Å². The lowest BCUT2D eigenvalue weighted by molar-refractivity contribution is 0.0655. The number of piperidine rings is 2. The molecule has 10 nitrogen and oxygen atoms in total. The third kappa shape index (κ3) is 7.94. The minimum Gasteiger partial charge on any atom is -0.445 e. The largest absolute Gasteiger partial charge is 0.445 e. The molecule has 0 bridgehead atoms. The minimum absolute atomic E-state index is 0.179. The minimum atomic E-state index is -0.325. The Labute approximate surface area is 313 Å². The first-order valence-electron chi connectivity index (χ1n) is 18.5. The van der Waals surface area contributed by atoms with Crippen LogP contribution in [0.5, 0.6) is 0 Å². The van der Waals surface area contributed by atoms with E-state index in [0.29, 0.717) is 13.1 Å². The number of likely N-dealkylation sites (tertiary alicyclic amines) is 2. The molecule has 2 amide bonds. The second kappa shape index (κ2) is 16.0. The first-order chi connectivity index (χ1) is 26.6. The summed E-state index contributed by atoms with van der Waals surface area (Å²) < 4.78 is 11.3. The first kappa shape index (κ1) is 34.6. The van der Waals surface area contributed by atoms with Crippen LogP contribution in [-0.4, -0.2) is 55.0 Å². The SMILES string of the molecule is O=C(OCc1ccccc1)N1CCCC[C@H]1c1nc2ccc(C#CC#Cc3ccc4nc([C@@H]5CCCCN5C(=O)OCc5ccccc5)[nH]c4c3)cc2[nH]1. The van der Waals surface area contributed by atoms with E-state index in [1.807, 2.05) is 97.1 Å². The van der Waals surface area contributed by atoms with Gasteiger partial charge in [0.05, 0.1) is 34.2 Å². The Morgan fingerprint density at radius 2 is 1.06 bits per heavy atom. The molecule has 2 fully saturated rings. The molecule has 54 heavy (non-hydrogen) atoms. The maximum absolute atomic E-state index is 13.1. The number of carbonyl (C=O) groups is 2. The normalized spacial score (nSPS) is 17.0. The molecule has 270 valence electrons.